The quantitative estimate of drug-likeness (QED) is 0.407. The second kappa shape index (κ2) is 2.24. The van der Waals surface area contributed by atoms with E-state index in [1.54, 1.807) is 6.08 Å². The van der Waals surface area contributed by atoms with Gasteiger partial charge in [-0.25, -0.2) is 0 Å². The minimum Gasteiger partial charge on any atom is -0.385 e. The van der Waals surface area contributed by atoms with Gasteiger partial charge in [0.05, 0.1) is 5.60 Å². The molecule has 1 nitrogen and oxygen atoms in total. The zero-order valence-corrected chi connectivity index (χ0v) is 5.30. The summed E-state index contributed by atoms with van der Waals surface area (Å²) >= 11 is 0. The molecule has 0 aromatic rings. The van der Waals surface area contributed by atoms with Crippen LogP contribution in [-0.4, -0.2) is 10.7 Å². The Morgan fingerprint density at radius 3 is 3.00 bits per heavy atom. The standard InChI is InChI=1S/C8H10O/c1-2-5-8(9)6-3-4-7-8/h1,3,6,9H,4-5,7H2/t8-/m1/s1. The van der Waals surface area contributed by atoms with Crippen molar-refractivity contribution in [1.29, 1.82) is 0 Å². The largest absolute Gasteiger partial charge is 0.385 e. The Morgan fingerprint density at radius 1 is 1.78 bits per heavy atom. The normalized spacial score (nSPS) is 32.4. The number of hydrogen-bond acceptors (Lipinski definition) is 1. The Bertz CT molecular complexity index is 164. The average molecular weight is 122 g/mol. The first kappa shape index (κ1) is 6.38. The zero-order valence-electron chi connectivity index (χ0n) is 5.30. The van der Waals surface area contributed by atoms with Crippen LogP contribution in [-0.2, 0) is 0 Å². The maximum Gasteiger partial charge on any atom is 0.0939 e. The van der Waals surface area contributed by atoms with E-state index in [1.165, 1.54) is 0 Å². The van der Waals surface area contributed by atoms with E-state index < -0.39 is 5.60 Å². The van der Waals surface area contributed by atoms with Crippen LogP contribution in [0.25, 0.3) is 0 Å². The maximum absolute atomic E-state index is 9.46. The SMILES string of the molecule is C#CC[C@@]1(O)C=CCC1. The summed E-state index contributed by atoms with van der Waals surface area (Å²) in [5.74, 6) is 2.45. The fourth-order valence-corrected chi connectivity index (χ4v) is 1.04. The van der Waals surface area contributed by atoms with E-state index >= 15 is 0 Å². The van der Waals surface area contributed by atoms with Crippen molar-refractivity contribution in [2.45, 2.75) is 24.9 Å². The first-order valence-electron chi connectivity index (χ1n) is 3.10. The molecule has 1 N–H and O–H groups in total. The second-order valence-electron chi connectivity index (χ2n) is 2.43. The van der Waals surface area contributed by atoms with Gasteiger partial charge in [0.15, 0.2) is 0 Å². The molecule has 0 saturated carbocycles. The van der Waals surface area contributed by atoms with E-state index in [1.807, 2.05) is 6.08 Å². The van der Waals surface area contributed by atoms with Gasteiger partial charge >= 0.3 is 0 Å². The van der Waals surface area contributed by atoms with Crippen molar-refractivity contribution in [2.24, 2.45) is 0 Å². The second-order valence-corrected chi connectivity index (χ2v) is 2.43. The van der Waals surface area contributed by atoms with Crippen LogP contribution in [0.1, 0.15) is 19.3 Å². The van der Waals surface area contributed by atoms with Crippen LogP contribution in [0, 0.1) is 12.3 Å². The van der Waals surface area contributed by atoms with Crippen molar-refractivity contribution >= 4 is 0 Å². The Morgan fingerprint density at radius 2 is 2.56 bits per heavy atom. The Hall–Kier alpha value is -0.740. The van der Waals surface area contributed by atoms with Crippen molar-refractivity contribution < 1.29 is 5.11 Å². The number of hydrogen-bond donors (Lipinski definition) is 1. The Labute approximate surface area is 55.4 Å². The number of terminal acetylenes is 1. The molecule has 1 atom stereocenters. The Balaban J connectivity index is 2.54. The minimum atomic E-state index is -0.672. The van der Waals surface area contributed by atoms with Crippen LogP contribution >= 0.6 is 0 Å². The number of aliphatic hydroxyl groups is 1. The van der Waals surface area contributed by atoms with Crippen LogP contribution in [0.5, 0.6) is 0 Å². The molecule has 0 amide bonds. The molecular formula is C8H10O. The molecule has 1 aliphatic rings. The van der Waals surface area contributed by atoms with Gasteiger partial charge in [-0.05, 0) is 12.8 Å². The molecule has 0 radical (unpaired) electrons. The Kier molecular flexibility index (Phi) is 1.59. The molecule has 0 fully saturated rings. The van der Waals surface area contributed by atoms with Crippen molar-refractivity contribution in [1.82, 2.24) is 0 Å². The van der Waals surface area contributed by atoms with Crippen molar-refractivity contribution in [2.75, 3.05) is 0 Å². The molecule has 1 heteroatoms. The minimum absolute atomic E-state index is 0.448. The molecule has 0 unspecified atom stereocenters. The maximum atomic E-state index is 9.46. The lowest BCUT2D eigenvalue weighted by Gasteiger charge is -2.15. The summed E-state index contributed by atoms with van der Waals surface area (Å²) in [4.78, 5) is 0. The predicted octanol–water partition coefficient (Wildman–Crippen LogP) is 1.09. The molecule has 0 aliphatic heterocycles. The van der Waals surface area contributed by atoms with Crippen LogP contribution in [0.3, 0.4) is 0 Å². The third kappa shape index (κ3) is 1.34. The zero-order chi connectivity index (χ0) is 6.74. The fourth-order valence-electron chi connectivity index (χ4n) is 1.04. The molecular weight excluding hydrogens is 112 g/mol. The monoisotopic (exact) mass is 122 g/mol. The molecule has 0 heterocycles. The van der Waals surface area contributed by atoms with E-state index in [0.29, 0.717) is 6.42 Å². The van der Waals surface area contributed by atoms with Crippen LogP contribution in [0.4, 0.5) is 0 Å². The highest BCUT2D eigenvalue weighted by Gasteiger charge is 2.24. The average Bonchev–Trinajstić information content (AvgIpc) is 2.16. The lowest BCUT2D eigenvalue weighted by molar-refractivity contribution is 0.0966. The summed E-state index contributed by atoms with van der Waals surface area (Å²) in [5, 5.41) is 9.46. The molecule has 0 spiro atoms. The topological polar surface area (TPSA) is 20.2 Å². The fraction of sp³-hybridized carbons (Fsp3) is 0.500. The van der Waals surface area contributed by atoms with E-state index in [4.69, 9.17) is 6.42 Å². The van der Waals surface area contributed by atoms with Crippen molar-refractivity contribution in [3.05, 3.63) is 12.2 Å². The van der Waals surface area contributed by atoms with Gasteiger partial charge in [0, 0.05) is 6.42 Å². The first-order valence-corrected chi connectivity index (χ1v) is 3.10. The smallest absolute Gasteiger partial charge is 0.0939 e. The third-order valence-electron chi connectivity index (χ3n) is 1.58. The molecule has 9 heavy (non-hydrogen) atoms. The van der Waals surface area contributed by atoms with Crippen LogP contribution in [0.15, 0.2) is 12.2 Å². The van der Waals surface area contributed by atoms with Gasteiger partial charge in [0.25, 0.3) is 0 Å². The van der Waals surface area contributed by atoms with Gasteiger partial charge in [-0.15, -0.1) is 12.3 Å². The summed E-state index contributed by atoms with van der Waals surface area (Å²) in [5.41, 5.74) is -0.672. The number of rotatable bonds is 1. The summed E-state index contributed by atoms with van der Waals surface area (Å²) in [6.45, 7) is 0. The first-order chi connectivity index (χ1) is 4.27. The molecule has 0 saturated heterocycles. The molecule has 0 aromatic heterocycles. The van der Waals surface area contributed by atoms with Crippen LogP contribution < -0.4 is 0 Å². The van der Waals surface area contributed by atoms with E-state index in [2.05, 4.69) is 5.92 Å². The molecule has 0 aromatic carbocycles. The van der Waals surface area contributed by atoms with E-state index in [-0.39, 0.29) is 0 Å². The van der Waals surface area contributed by atoms with Gasteiger partial charge in [-0.1, -0.05) is 12.2 Å². The summed E-state index contributed by atoms with van der Waals surface area (Å²) in [6, 6.07) is 0. The summed E-state index contributed by atoms with van der Waals surface area (Å²) in [6.07, 6.45) is 11.0. The van der Waals surface area contributed by atoms with E-state index in [0.717, 1.165) is 12.8 Å². The predicted molar refractivity (Wildman–Crippen MR) is 36.8 cm³/mol. The van der Waals surface area contributed by atoms with Gasteiger partial charge in [0.1, 0.15) is 0 Å². The highest BCUT2D eigenvalue weighted by molar-refractivity contribution is 5.12. The molecule has 1 rings (SSSR count). The van der Waals surface area contributed by atoms with Gasteiger partial charge in [-0.3, -0.25) is 0 Å². The summed E-state index contributed by atoms with van der Waals surface area (Å²) < 4.78 is 0. The lowest BCUT2D eigenvalue weighted by atomic mass is 10.0. The lowest BCUT2D eigenvalue weighted by Crippen LogP contribution is -2.21. The van der Waals surface area contributed by atoms with Crippen molar-refractivity contribution in [3.63, 3.8) is 0 Å². The van der Waals surface area contributed by atoms with Gasteiger partial charge in [-0.2, -0.15) is 0 Å². The third-order valence-corrected chi connectivity index (χ3v) is 1.58. The van der Waals surface area contributed by atoms with Crippen molar-refractivity contribution in [3.8, 4) is 12.3 Å². The van der Waals surface area contributed by atoms with E-state index in [9.17, 15) is 5.11 Å². The summed E-state index contributed by atoms with van der Waals surface area (Å²) in [7, 11) is 0. The molecule has 0 bridgehead atoms. The highest BCUT2D eigenvalue weighted by atomic mass is 16.3. The molecule has 48 valence electrons. The molecule has 1 aliphatic carbocycles. The van der Waals surface area contributed by atoms with Gasteiger partial charge < -0.3 is 5.11 Å². The number of allylic oxidation sites excluding steroid dienone is 1. The highest BCUT2D eigenvalue weighted by Crippen LogP contribution is 2.24. The van der Waals surface area contributed by atoms with Crippen LogP contribution in [0.2, 0.25) is 0 Å². The van der Waals surface area contributed by atoms with Gasteiger partial charge in [0.2, 0.25) is 0 Å².